The Bertz CT molecular complexity index is 2090. The largest absolute Gasteiger partial charge is 0.496 e. The first-order valence-electron chi connectivity index (χ1n) is 13.4. The van der Waals surface area contributed by atoms with Crippen molar-refractivity contribution in [2.24, 2.45) is 5.10 Å². The van der Waals surface area contributed by atoms with Gasteiger partial charge in [-0.05, 0) is 78.4 Å². The lowest BCUT2D eigenvalue weighted by molar-refractivity contribution is -0.118. The summed E-state index contributed by atoms with van der Waals surface area (Å²) in [7, 11) is 3.04. The van der Waals surface area contributed by atoms with E-state index in [1.54, 1.807) is 61.7 Å². The van der Waals surface area contributed by atoms with Crippen LogP contribution in [-0.4, -0.2) is 42.6 Å². The Hall–Kier alpha value is -5.97. The normalized spacial score (nSPS) is 11.2. The molecule has 0 fully saturated rings. The van der Waals surface area contributed by atoms with Crippen LogP contribution in [0.3, 0.4) is 0 Å². The Morgan fingerprint density at radius 2 is 1.73 bits per heavy atom. The number of benzene rings is 4. The number of ether oxygens (including phenoxy) is 3. The number of rotatable bonds is 9. The number of hydrogen-bond acceptors (Lipinski definition) is 8. The molecule has 1 N–H and O–H groups in total. The van der Waals surface area contributed by atoms with Crippen LogP contribution in [0.25, 0.3) is 33.5 Å². The first-order chi connectivity index (χ1) is 21.4. The van der Waals surface area contributed by atoms with Crippen molar-refractivity contribution < 1.29 is 27.8 Å². The topological polar surface area (TPSA) is 117 Å². The molecule has 4 aromatic carbocycles. The van der Waals surface area contributed by atoms with Gasteiger partial charge in [-0.3, -0.25) is 9.59 Å². The first-order valence-corrected chi connectivity index (χ1v) is 13.4. The number of carbonyl (C=O) groups is 1. The summed E-state index contributed by atoms with van der Waals surface area (Å²) in [5, 5.41) is 8.24. The highest BCUT2D eigenvalue weighted by molar-refractivity contribution is 5.92. The Morgan fingerprint density at radius 1 is 0.932 bits per heavy atom. The molecule has 44 heavy (non-hydrogen) atoms. The predicted molar refractivity (Wildman–Crippen MR) is 164 cm³/mol. The summed E-state index contributed by atoms with van der Waals surface area (Å²) in [4.78, 5) is 30.6. The number of fused-ring (bicyclic) bond motifs is 2. The van der Waals surface area contributed by atoms with Crippen molar-refractivity contribution >= 4 is 39.7 Å². The van der Waals surface area contributed by atoms with Gasteiger partial charge in [0.05, 0.1) is 36.7 Å². The molecular weight excluding hydrogens is 567 g/mol. The van der Waals surface area contributed by atoms with E-state index in [4.69, 9.17) is 23.6 Å². The quantitative estimate of drug-likeness (QED) is 0.209. The number of methoxy groups -OCH3 is 2. The van der Waals surface area contributed by atoms with Gasteiger partial charge in [0.15, 0.2) is 23.9 Å². The highest BCUT2D eigenvalue weighted by Gasteiger charge is 2.18. The van der Waals surface area contributed by atoms with Crippen LogP contribution in [0.4, 0.5) is 10.1 Å². The highest BCUT2D eigenvalue weighted by atomic mass is 19.1. The molecule has 0 radical (unpaired) electrons. The van der Waals surface area contributed by atoms with E-state index < -0.39 is 11.7 Å². The lowest BCUT2D eigenvalue weighted by atomic mass is 10.2. The van der Waals surface area contributed by atoms with E-state index in [2.05, 4.69) is 10.4 Å². The van der Waals surface area contributed by atoms with E-state index >= 15 is 0 Å². The Morgan fingerprint density at radius 3 is 2.52 bits per heavy atom. The van der Waals surface area contributed by atoms with Gasteiger partial charge in [-0.25, -0.2) is 9.37 Å². The average Bonchev–Trinajstić information content (AvgIpc) is 3.49. The van der Waals surface area contributed by atoms with Crippen molar-refractivity contribution in [1.82, 2.24) is 9.66 Å². The summed E-state index contributed by atoms with van der Waals surface area (Å²) in [5.74, 6) is 1.01. The number of para-hydroxylation sites is 1. The number of nitrogens with one attached hydrogen (secondary N) is 1. The molecule has 2 heterocycles. The van der Waals surface area contributed by atoms with Gasteiger partial charge in [0.25, 0.3) is 11.5 Å². The van der Waals surface area contributed by atoms with Crippen LogP contribution in [-0.2, 0) is 4.79 Å². The number of halogens is 1. The zero-order valence-electron chi connectivity index (χ0n) is 23.6. The molecule has 0 atom stereocenters. The van der Waals surface area contributed by atoms with Crippen molar-refractivity contribution in [2.45, 2.75) is 0 Å². The molecular formula is C33H25FN4O6. The molecule has 0 aliphatic carbocycles. The van der Waals surface area contributed by atoms with E-state index in [1.807, 2.05) is 12.1 Å². The molecule has 0 saturated carbocycles. The second-order valence-corrected chi connectivity index (χ2v) is 9.55. The van der Waals surface area contributed by atoms with Crippen LogP contribution in [0.1, 0.15) is 5.56 Å². The summed E-state index contributed by atoms with van der Waals surface area (Å²) in [6.45, 7) is -0.301. The van der Waals surface area contributed by atoms with Crippen LogP contribution >= 0.6 is 0 Å². The van der Waals surface area contributed by atoms with Crippen molar-refractivity contribution in [3.63, 3.8) is 0 Å². The fourth-order valence-electron chi connectivity index (χ4n) is 4.59. The third-order valence-electron chi connectivity index (χ3n) is 6.71. The highest BCUT2D eigenvalue weighted by Crippen LogP contribution is 2.33. The van der Waals surface area contributed by atoms with Gasteiger partial charge in [-0.2, -0.15) is 9.78 Å². The predicted octanol–water partition coefficient (Wildman–Crippen LogP) is 5.87. The summed E-state index contributed by atoms with van der Waals surface area (Å²) in [5.41, 5.74) is 1.72. The van der Waals surface area contributed by atoms with E-state index in [0.29, 0.717) is 50.7 Å². The molecule has 6 aromatic rings. The minimum Gasteiger partial charge on any atom is -0.496 e. The van der Waals surface area contributed by atoms with Crippen LogP contribution < -0.4 is 25.1 Å². The molecule has 0 unspecified atom stereocenters. The monoisotopic (exact) mass is 592 g/mol. The molecule has 0 spiro atoms. The zero-order valence-corrected chi connectivity index (χ0v) is 23.6. The van der Waals surface area contributed by atoms with Gasteiger partial charge in [0.1, 0.15) is 17.1 Å². The summed E-state index contributed by atoms with van der Waals surface area (Å²) < 4.78 is 37.0. The summed E-state index contributed by atoms with van der Waals surface area (Å²) in [6, 6.07) is 24.6. The molecule has 10 nitrogen and oxygen atoms in total. The van der Waals surface area contributed by atoms with Gasteiger partial charge in [-0.1, -0.05) is 18.2 Å². The SMILES string of the molecule is COc1cc(C=Nn2c(-c3cc4c(OC)cccc4o3)nc3ccccc3c2=O)ccc1OCC(=O)Nc1ccc(F)cc1. The van der Waals surface area contributed by atoms with Crippen molar-refractivity contribution in [1.29, 1.82) is 0 Å². The third kappa shape index (κ3) is 5.71. The van der Waals surface area contributed by atoms with Crippen LogP contribution in [0.15, 0.2) is 105 Å². The maximum atomic E-state index is 13.6. The third-order valence-corrected chi connectivity index (χ3v) is 6.71. The Kier molecular flexibility index (Phi) is 7.75. The van der Waals surface area contributed by atoms with Crippen molar-refractivity contribution in [2.75, 3.05) is 26.1 Å². The van der Waals surface area contributed by atoms with Gasteiger partial charge in [-0.15, -0.1) is 0 Å². The molecule has 1 amide bonds. The lowest BCUT2D eigenvalue weighted by Crippen LogP contribution is -2.20. The number of anilines is 1. The molecule has 0 aliphatic rings. The maximum Gasteiger partial charge on any atom is 0.282 e. The number of aromatic nitrogens is 2. The average molecular weight is 593 g/mol. The molecule has 0 saturated heterocycles. The van der Waals surface area contributed by atoms with E-state index in [-0.39, 0.29) is 18.0 Å². The molecule has 0 bridgehead atoms. The standard InChI is InChI=1S/C33H25FN4O6/c1-41-26-8-5-9-27-24(26)17-30(44-27)32-37-25-7-4-3-6-23(25)33(40)38(32)35-18-20-10-15-28(29(16-20)42-2)43-19-31(39)36-22-13-11-21(34)12-14-22/h3-18H,19H2,1-2H3,(H,36,39). The van der Waals surface area contributed by atoms with Gasteiger partial charge >= 0.3 is 0 Å². The number of amides is 1. The number of carbonyl (C=O) groups excluding carboxylic acids is 1. The Labute approximate surface area is 249 Å². The summed E-state index contributed by atoms with van der Waals surface area (Å²) >= 11 is 0. The maximum absolute atomic E-state index is 13.6. The van der Waals surface area contributed by atoms with E-state index in [9.17, 15) is 14.0 Å². The summed E-state index contributed by atoms with van der Waals surface area (Å²) in [6.07, 6.45) is 1.48. The molecule has 6 rings (SSSR count). The number of nitrogens with zero attached hydrogens (tertiary/aromatic N) is 3. The Balaban J connectivity index is 1.29. The number of furan rings is 1. The zero-order chi connectivity index (χ0) is 30.6. The van der Waals surface area contributed by atoms with Crippen LogP contribution in [0.2, 0.25) is 0 Å². The van der Waals surface area contributed by atoms with Crippen LogP contribution in [0, 0.1) is 5.82 Å². The first kappa shape index (κ1) is 28.2. The van der Waals surface area contributed by atoms with Crippen molar-refractivity contribution in [3.8, 4) is 28.8 Å². The van der Waals surface area contributed by atoms with E-state index in [1.165, 1.54) is 42.3 Å². The van der Waals surface area contributed by atoms with Gasteiger partial charge in [0, 0.05) is 5.69 Å². The minimum absolute atomic E-state index is 0.210. The minimum atomic E-state index is -0.428. The smallest absolute Gasteiger partial charge is 0.282 e. The molecule has 2 aromatic heterocycles. The molecule has 11 heteroatoms. The fourth-order valence-corrected chi connectivity index (χ4v) is 4.59. The molecule has 0 aliphatic heterocycles. The van der Waals surface area contributed by atoms with Gasteiger partial charge in [0.2, 0.25) is 5.82 Å². The van der Waals surface area contributed by atoms with E-state index in [0.717, 1.165) is 5.39 Å². The lowest BCUT2D eigenvalue weighted by Gasteiger charge is -2.12. The second kappa shape index (κ2) is 12.1. The number of hydrogen-bond donors (Lipinski definition) is 1. The van der Waals surface area contributed by atoms with Gasteiger partial charge < -0.3 is 23.9 Å². The second-order valence-electron chi connectivity index (χ2n) is 9.55. The fraction of sp³-hybridized carbons (Fsp3) is 0.0909. The molecule has 220 valence electrons. The van der Waals surface area contributed by atoms with Crippen LogP contribution in [0.5, 0.6) is 17.2 Å². The van der Waals surface area contributed by atoms with Crippen molar-refractivity contribution in [3.05, 3.63) is 113 Å².